The molecule has 4 N–H and O–H groups in total. The number of benzene rings is 2. The Balaban J connectivity index is 2.18. The van der Waals surface area contributed by atoms with Gasteiger partial charge in [-0.2, -0.15) is 0 Å². The van der Waals surface area contributed by atoms with Gasteiger partial charge in [0.05, 0.1) is 0 Å². The maximum Gasteiger partial charge on any atom is 0.110 e. The van der Waals surface area contributed by atoms with E-state index in [1.54, 1.807) is 0 Å². The SMILES string of the molecule is Cc1cc2c3c(c1)C(O)C(O)c1cc(C)cc(c1-3)C(O)C2O. The highest BCUT2D eigenvalue weighted by Gasteiger charge is 2.41. The first-order chi connectivity index (χ1) is 10.4. The van der Waals surface area contributed by atoms with E-state index < -0.39 is 24.4 Å². The van der Waals surface area contributed by atoms with Crippen LogP contribution >= 0.6 is 0 Å². The average Bonchev–Trinajstić information content (AvgIpc) is 2.48. The van der Waals surface area contributed by atoms with Crippen molar-refractivity contribution in [2.24, 2.45) is 0 Å². The van der Waals surface area contributed by atoms with Crippen molar-refractivity contribution >= 4 is 0 Å². The van der Waals surface area contributed by atoms with E-state index in [9.17, 15) is 20.4 Å². The van der Waals surface area contributed by atoms with Gasteiger partial charge in [-0.1, -0.05) is 35.4 Å². The number of rotatable bonds is 0. The minimum absolute atomic E-state index is 0.617. The molecular formula is C18H18O4. The van der Waals surface area contributed by atoms with Crippen molar-refractivity contribution in [3.8, 4) is 11.1 Å². The van der Waals surface area contributed by atoms with Gasteiger partial charge in [-0.05, 0) is 47.2 Å². The lowest BCUT2D eigenvalue weighted by Crippen LogP contribution is -2.26. The van der Waals surface area contributed by atoms with Crippen molar-refractivity contribution < 1.29 is 20.4 Å². The van der Waals surface area contributed by atoms with Gasteiger partial charge in [0.1, 0.15) is 24.4 Å². The molecular weight excluding hydrogens is 280 g/mol. The molecule has 22 heavy (non-hydrogen) atoms. The van der Waals surface area contributed by atoms with Crippen LogP contribution in [0.3, 0.4) is 0 Å². The predicted molar refractivity (Wildman–Crippen MR) is 81.2 cm³/mol. The van der Waals surface area contributed by atoms with E-state index in [-0.39, 0.29) is 0 Å². The molecule has 0 heterocycles. The summed E-state index contributed by atoms with van der Waals surface area (Å²) >= 11 is 0. The van der Waals surface area contributed by atoms with Crippen LogP contribution in [0.15, 0.2) is 24.3 Å². The average molecular weight is 298 g/mol. The molecule has 0 bridgehead atoms. The molecule has 0 radical (unpaired) electrons. The maximum absolute atomic E-state index is 10.5. The van der Waals surface area contributed by atoms with E-state index in [0.29, 0.717) is 22.3 Å². The molecule has 0 spiro atoms. The summed E-state index contributed by atoms with van der Waals surface area (Å²) < 4.78 is 0. The summed E-state index contributed by atoms with van der Waals surface area (Å²) in [6, 6.07) is 7.35. The molecule has 0 aliphatic heterocycles. The maximum atomic E-state index is 10.5. The van der Waals surface area contributed by atoms with Crippen LogP contribution in [-0.4, -0.2) is 20.4 Å². The smallest absolute Gasteiger partial charge is 0.110 e. The summed E-state index contributed by atoms with van der Waals surface area (Å²) in [6.45, 7) is 3.74. The summed E-state index contributed by atoms with van der Waals surface area (Å²) in [6.07, 6.45) is -4.12. The minimum atomic E-state index is -1.03. The summed E-state index contributed by atoms with van der Waals surface area (Å²) in [5.41, 5.74) is 5.74. The van der Waals surface area contributed by atoms with Crippen LogP contribution in [0.5, 0.6) is 0 Å². The van der Waals surface area contributed by atoms with Crippen molar-refractivity contribution in [3.63, 3.8) is 0 Å². The fourth-order valence-electron chi connectivity index (χ4n) is 3.88. The molecule has 2 aliphatic carbocycles. The van der Waals surface area contributed by atoms with Gasteiger partial charge in [-0.25, -0.2) is 0 Å². The number of hydrogen-bond acceptors (Lipinski definition) is 4. The first-order valence-electron chi connectivity index (χ1n) is 7.41. The van der Waals surface area contributed by atoms with E-state index in [1.807, 2.05) is 38.1 Å². The van der Waals surface area contributed by atoms with Gasteiger partial charge in [0.15, 0.2) is 0 Å². The van der Waals surface area contributed by atoms with Gasteiger partial charge in [0.2, 0.25) is 0 Å². The first-order valence-corrected chi connectivity index (χ1v) is 7.41. The Morgan fingerprint density at radius 3 is 1.00 bits per heavy atom. The zero-order valence-electron chi connectivity index (χ0n) is 12.4. The second kappa shape index (κ2) is 4.40. The van der Waals surface area contributed by atoms with Gasteiger partial charge >= 0.3 is 0 Å². The first kappa shape index (κ1) is 13.9. The molecule has 4 atom stereocenters. The Bertz CT molecular complexity index is 670. The zero-order valence-corrected chi connectivity index (χ0v) is 12.4. The van der Waals surface area contributed by atoms with Crippen molar-refractivity contribution in [1.82, 2.24) is 0 Å². The van der Waals surface area contributed by atoms with Crippen LogP contribution in [0.1, 0.15) is 57.8 Å². The van der Waals surface area contributed by atoms with Gasteiger partial charge in [-0.15, -0.1) is 0 Å². The van der Waals surface area contributed by atoms with Crippen LogP contribution in [0, 0.1) is 13.8 Å². The Morgan fingerprint density at radius 1 is 0.545 bits per heavy atom. The molecule has 4 heteroatoms. The van der Waals surface area contributed by atoms with E-state index >= 15 is 0 Å². The third kappa shape index (κ3) is 1.61. The highest BCUT2D eigenvalue weighted by atomic mass is 16.3. The van der Waals surface area contributed by atoms with E-state index in [0.717, 1.165) is 22.3 Å². The van der Waals surface area contributed by atoms with Crippen LogP contribution in [0.2, 0.25) is 0 Å². The highest BCUT2D eigenvalue weighted by Crippen LogP contribution is 2.54. The second-order valence-electron chi connectivity index (χ2n) is 6.42. The molecule has 2 aromatic rings. The molecule has 0 saturated heterocycles. The van der Waals surface area contributed by atoms with Gasteiger partial charge in [-0.3, -0.25) is 0 Å². The number of aliphatic hydroxyl groups is 4. The molecule has 0 aromatic heterocycles. The Kier molecular flexibility index (Phi) is 2.78. The minimum Gasteiger partial charge on any atom is -0.385 e. The van der Waals surface area contributed by atoms with Crippen molar-refractivity contribution in [3.05, 3.63) is 57.6 Å². The Morgan fingerprint density at radius 2 is 0.773 bits per heavy atom. The standard InChI is InChI=1S/C18H18O4/c1-7-3-9-13-10(4-7)16(20)18(22)12-6-8(2)5-11(14(12)13)17(21)15(9)19/h3-6,15-22H,1-2H3. The zero-order chi connectivity index (χ0) is 15.8. The summed E-state index contributed by atoms with van der Waals surface area (Å²) in [5, 5.41) is 42.0. The fourth-order valence-corrected chi connectivity index (χ4v) is 3.88. The number of aliphatic hydroxyl groups excluding tert-OH is 4. The lowest BCUT2D eigenvalue weighted by atomic mass is 9.70. The van der Waals surface area contributed by atoms with Crippen LogP contribution in [0.4, 0.5) is 0 Å². The fraction of sp³-hybridized carbons (Fsp3) is 0.333. The quantitative estimate of drug-likeness (QED) is 0.600. The summed E-state index contributed by atoms with van der Waals surface area (Å²) in [7, 11) is 0. The topological polar surface area (TPSA) is 80.9 Å². The van der Waals surface area contributed by atoms with Crippen molar-refractivity contribution in [1.29, 1.82) is 0 Å². The Labute approximate surface area is 128 Å². The second-order valence-corrected chi connectivity index (χ2v) is 6.42. The van der Waals surface area contributed by atoms with Crippen LogP contribution in [-0.2, 0) is 0 Å². The summed E-state index contributed by atoms with van der Waals surface area (Å²) in [4.78, 5) is 0. The molecule has 0 amide bonds. The van der Waals surface area contributed by atoms with Crippen molar-refractivity contribution in [2.45, 2.75) is 38.3 Å². The lowest BCUT2D eigenvalue weighted by Gasteiger charge is -2.38. The highest BCUT2D eigenvalue weighted by molar-refractivity contribution is 5.83. The number of aryl methyl sites for hydroxylation is 2. The molecule has 4 unspecified atom stereocenters. The Hall–Kier alpha value is -1.72. The van der Waals surface area contributed by atoms with Crippen molar-refractivity contribution in [2.75, 3.05) is 0 Å². The monoisotopic (exact) mass is 298 g/mol. The molecule has 114 valence electrons. The molecule has 0 saturated carbocycles. The molecule has 4 rings (SSSR count). The summed E-state index contributed by atoms with van der Waals surface area (Å²) in [5.74, 6) is 0. The largest absolute Gasteiger partial charge is 0.385 e. The van der Waals surface area contributed by atoms with Crippen LogP contribution in [0.25, 0.3) is 11.1 Å². The predicted octanol–water partition coefficient (Wildman–Crippen LogP) is 2.13. The van der Waals surface area contributed by atoms with Gasteiger partial charge in [0, 0.05) is 0 Å². The lowest BCUT2D eigenvalue weighted by molar-refractivity contribution is 0.00585. The van der Waals surface area contributed by atoms with E-state index in [1.165, 1.54) is 0 Å². The molecule has 4 nitrogen and oxygen atoms in total. The normalized spacial score (nSPS) is 28.5. The van der Waals surface area contributed by atoms with E-state index in [4.69, 9.17) is 0 Å². The van der Waals surface area contributed by atoms with E-state index in [2.05, 4.69) is 0 Å². The number of hydrogen-bond donors (Lipinski definition) is 4. The molecule has 0 fully saturated rings. The molecule has 2 aromatic carbocycles. The molecule has 2 aliphatic rings. The van der Waals surface area contributed by atoms with Crippen LogP contribution < -0.4 is 0 Å². The van der Waals surface area contributed by atoms with Gasteiger partial charge in [0.25, 0.3) is 0 Å². The third-order valence-electron chi connectivity index (χ3n) is 4.81. The third-order valence-corrected chi connectivity index (χ3v) is 4.81. The van der Waals surface area contributed by atoms with Gasteiger partial charge < -0.3 is 20.4 Å².